The minimum atomic E-state index is -1.24. The van der Waals surface area contributed by atoms with Gasteiger partial charge in [0.2, 0.25) is 0 Å². The molecular weight excluding hydrogens is 494 g/mol. The first-order valence-corrected chi connectivity index (χ1v) is 15.7. The molecule has 0 fully saturated rings. The number of pyridine rings is 1. The highest BCUT2D eigenvalue weighted by molar-refractivity contribution is 6.76. The first kappa shape index (κ1) is 26.6. The molecule has 0 radical (unpaired) electrons. The van der Waals surface area contributed by atoms with Crippen molar-refractivity contribution in [3.8, 4) is 11.1 Å². The molecule has 0 saturated heterocycles. The van der Waals surface area contributed by atoms with Crippen molar-refractivity contribution in [1.82, 2.24) is 14.8 Å². The van der Waals surface area contributed by atoms with Crippen molar-refractivity contribution < 1.29 is 23.4 Å². The molecule has 1 unspecified atom stereocenters. The summed E-state index contributed by atoms with van der Waals surface area (Å²) in [7, 11) is -1.24. The Balaban J connectivity index is 1.73. The zero-order chi connectivity index (χ0) is 26.7. The third-order valence-electron chi connectivity index (χ3n) is 6.02. The molecule has 0 bridgehead atoms. The van der Waals surface area contributed by atoms with Gasteiger partial charge in [0.25, 0.3) is 0 Å². The minimum absolute atomic E-state index is 0.118. The Morgan fingerprint density at radius 2 is 1.86 bits per heavy atom. The topological polar surface area (TPSA) is 103 Å². The lowest BCUT2D eigenvalue weighted by Crippen LogP contribution is -2.22. The van der Waals surface area contributed by atoms with E-state index in [9.17, 15) is 18.7 Å². The third kappa shape index (κ3) is 6.65. The van der Waals surface area contributed by atoms with Crippen molar-refractivity contribution in [3.05, 3.63) is 83.2 Å². The molecule has 4 rings (SSSR count). The Labute approximate surface area is 214 Å². The third-order valence-corrected chi connectivity index (χ3v) is 7.72. The normalized spacial score (nSPS) is 12.7. The number of hydrogen-bond donors (Lipinski definition) is 2. The number of nitrogens with two attached hydrogens (primary N) is 1. The van der Waals surface area contributed by atoms with Crippen LogP contribution in [0.15, 0.2) is 54.7 Å². The standard InChI is InChI=1S/C27H30F2N4O3Si/c1-37(2,3)8-7-36-16-33-25-14-22(18-5-4-6-19(12-18)27(34)35)26(32-24(25)15-31-33)23(30)11-17-9-20(28)13-21(29)10-17/h4-6,9-10,12-15,23H,7-8,11,16,30H2,1-3H3,(H,34,35). The molecule has 2 heterocycles. The van der Waals surface area contributed by atoms with Crippen LogP contribution in [0.2, 0.25) is 25.7 Å². The molecule has 10 heteroatoms. The molecule has 37 heavy (non-hydrogen) atoms. The van der Waals surface area contributed by atoms with E-state index in [1.54, 1.807) is 29.1 Å². The second-order valence-electron chi connectivity index (χ2n) is 10.3. The van der Waals surface area contributed by atoms with Crippen LogP contribution in [0.5, 0.6) is 0 Å². The van der Waals surface area contributed by atoms with Crippen molar-refractivity contribution in [2.24, 2.45) is 5.73 Å². The Hall–Kier alpha value is -3.47. The molecule has 0 aliphatic rings. The Morgan fingerprint density at radius 3 is 2.54 bits per heavy atom. The van der Waals surface area contributed by atoms with Crippen molar-refractivity contribution in [2.75, 3.05) is 6.61 Å². The number of aromatic nitrogens is 3. The monoisotopic (exact) mass is 524 g/mol. The molecule has 0 amide bonds. The average Bonchev–Trinajstić information content (AvgIpc) is 3.21. The van der Waals surface area contributed by atoms with E-state index in [1.165, 1.54) is 18.2 Å². The molecule has 0 aliphatic carbocycles. The summed E-state index contributed by atoms with van der Waals surface area (Å²) in [6.45, 7) is 7.72. The molecule has 1 atom stereocenters. The summed E-state index contributed by atoms with van der Waals surface area (Å²) in [4.78, 5) is 16.4. The number of ether oxygens (including phenoxy) is 1. The van der Waals surface area contributed by atoms with Gasteiger partial charge >= 0.3 is 5.97 Å². The van der Waals surface area contributed by atoms with Gasteiger partial charge in [-0.25, -0.2) is 23.2 Å². The predicted octanol–water partition coefficient (Wildman–Crippen LogP) is 5.63. The maximum Gasteiger partial charge on any atom is 0.335 e. The van der Waals surface area contributed by atoms with Gasteiger partial charge in [0.1, 0.15) is 23.9 Å². The smallest absolute Gasteiger partial charge is 0.335 e. The fourth-order valence-corrected chi connectivity index (χ4v) is 4.82. The molecule has 3 N–H and O–H groups in total. The van der Waals surface area contributed by atoms with Gasteiger partial charge in [-0.15, -0.1) is 0 Å². The summed E-state index contributed by atoms with van der Waals surface area (Å²) in [6.07, 6.45) is 1.75. The maximum absolute atomic E-state index is 13.8. The van der Waals surface area contributed by atoms with Gasteiger partial charge in [0.15, 0.2) is 0 Å². The van der Waals surface area contributed by atoms with Crippen LogP contribution in [0.3, 0.4) is 0 Å². The summed E-state index contributed by atoms with van der Waals surface area (Å²) in [5.74, 6) is -2.43. The van der Waals surface area contributed by atoms with Crippen LogP contribution in [0.1, 0.15) is 27.7 Å². The quantitative estimate of drug-likeness (QED) is 0.206. The van der Waals surface area contributed by atoms with Crippen LogP contribution >= 0.6 is 0 Å². The molecule has 0 spiro atoms. The van der Waals surface area contributed by atoms with E-state index in [2.05, 4.69) is 24.7 Å². The number of carboxylic acid groups (broad SMARTS) is 1. The van der Waals surface area contributed by atoms with Crippen LogP contribution in [0.4, 0.5) is 8.78 Å². The number of hydrogen-bond acceptors (Lipinski definition) is 5. The number of nitrogens with zero attached hydrogens (tertiary/aromatic N) is 3. The summed E-state index contributed by atoms with van der Waals surface area (Å²) in [6, 6.07) is 11.9. The number of rotatable bonds is 10. The molecule has 4 aromatic rings. The van der Waals surface area contributed by atoms with E-state index < -0.39 is 31.7 Å². The van der Waals surface area contributed by atoms with Gasteiger partial charge in [0, 0.05) is 26.3 Å². The summed E-state index contributed by atoms with van der Waals surface area (Å²) >= 11 is 0. The number of carbonyl (C=O) groups is 1. The SMILES string of the molecule is C[Si](C)(C)CCOCn1ncc2nc(C(N)Cc3cc(F)cc(F)c3)c(-c3cccc(C(=O)O)c3)cc21. The second kappa shape index (κ2) is 10.9. The van der Waals surface area contributed by atoms with Crippen molar-refractivity contribution in [1.29, 1.82) is 0 Å². The summed E-state index contributed by atoms with van der Waals surface area (Å²) in [5.41, 5.74) is 10.0. The highest BCUT2D eigenvalue weighted by atomic mass is 28.3. The van der Waals surface area contributed by atoms with Crippen LogP contribution < -0.4 is 5.73 Å². The first-order chi connectivity index (χ1) is 17.5. The van der Waals surface area contributed by atoms with Gasteiger partial charge in [-0.1, -0.05) is 31.8 Å². The fourth-order valence-electron chi connectivity index (χ4n) is 4.07. The molecule has 194 valence electrons. The largest absolute Gasteiger partial charge is 0.478 e. The van der Waals surface area contributed by atoms with E-state index in [0.29, 0.717) is 40.0 Å². The van der Waals surface area contributed by atoms with Crippen molar-refractivity contribution in [3.63, 3.8) is 0 Å². The molecule has 2 aromatic carbocycles. The van der Waals surface area contributed by atoms with Crippen LogP contribution in [0, 0.1) is 11.6 Å². The molecule has 7 nitrogen and oxygen atoms in total. The van der Waals surface area contributed by atoms with Gasteiger partial charge in [-0.3, -0.25) is 0 Å². The Morgan fingerprint density at radius 1 is 1.14 bits per heavy atom. The number of benzene rings is 2. The van der Waals surface area contributed by atoms with Gasteiger partial charge in [-0.2, -0.15) is 5.10 Å². The molecule has 0 aliphatic heterocycles. The fraction of sp³-hybridized carbons (Fsp3) is 0.296. The van der Waals surface area contributed by atoms with Gasteiger partial charge < -0.3 is 15.6 Å². The van der Waals surface area contributed by atoms with E-state index in [-0.39, 0.29) is 18.7 Å². The molecule has 0 saturated carbocycles. The summed E-state index contributed by atoms with van der Waals surface area (Å²) < 4.78 is 35.1. The molecule has 2 aromatic heterocycles. The second-order valence-corrected chi connectivity index (χ2v) is 15.9. The molecular formula is C27H30F2N4O3Si. The van der Waals surface area contributed by atoms with E-state index in [4.69, 9.17) is 15.5 Å². The van der Waals surface area contributed by atoms with E-state index in [0.717, 1.165) is 12.1 Å². The highest BCUT2D eigenvalue weighted by Crippen LogP contribution is 2.32. The van der Waals surface area contributed by atoms with Crippen LogP contribution in [-0.2, 0) is 17.9 Å². The number of aromatic carboxylic acids is 1. The first-order valence-electron chi connectivity index (χ1n) is 12.0. The Bertz CT molecular complexity index is 1410. The predicted molar refractivity (Wildman–Crippen MR) is 141 cm³/mol. The zero-order valence-electron chi connectivity index (χ0n) is 21.0. The van der Waals surface area contributed by atoms with E-state index >= 15 is 0 Å². The number of halogens is 2. The van der Waals surface area contributed by atoms with Crippen LogP contribution in [-0.4, -0.2) is 40.5 Å². The van der Waals surface area contributed by atoms with Crippen molar-refractivity contribution >= 4 is 25.1 Å². The lowest BCUT2D eigenvalue weighted by Gasteiger charge is -2.18. The maximum atomic E-state index is 13.8. The highest BCUT2D eigenvalue weighted by Gasteiger charge is 2.20. The number of fused-ring (bicyclic) bond motifs is 1. The Kier molecular flexibility index (Phi) is 7.81. The van der Waals surface area contributed by atoms with Gasteiger partial charge in [0.05, 0.1) is 29.0 Å². The lowest BCUT2D eigenvalue weighted by atomic mass is 9.94. The zero-order valence-corrected chi connectivity index (χ0v) is 22.0. The van der Waals surface area contributed by atoms with Gasteiger partial charge in [-0.05, 0) is 53.9 Å². The average molecular weight is 525 g/mol. The number of carboxylic acids is 1. The minimum Gasteiger partial charge on any atom is -0.478 e. The lowest BCUT2D eigenvalue weighted by molar-refractivity contribution is 0.0697. The van der Waals surface area contributed by atoms with Crippen molar-refractivity contribution in [2.45, 2.75) is 44.9 Å². The van der Waals surface area contributed by atoms with E-state index in [1.807, 2.05) is 6.07 Å². The van der Waals surface area contributed by atoms with Crippen LogP contribution in [0.25, 0.3) is 22.2 Å². The summed E-state index contributed by atoms with van der Waals surface area (Å²) in [5, 5.41) is 13.9.